The Balaban J connectivity index is 1.88. The van der Waals surface area contributed by atoms with E-state index in [2.05, 4.69) is 4.90 Å². The average molecular weight is 299 g/mol. The number of carbonyl (C=O) groups excluding carboxylic acids is 1. The summed E-state index contributed by atoms with van der Waals surface area (Å²) in [4.78, 5) is 29.3. The Labute approximate surface area is 125 Å². The largest absolute Gasteiger partial charge is 0.481 e. The van der Waals surface area contributed by atoms with Crippen molar-refractivity contribution in [2.75, 3.05) is 52.4 Å². The lowest BCUT2D eigenvalue weighted by atomic mass is 9.99. The van der Waals surface area contributed by atoms with Crippen LogP contribution < -0.4 is 0 Å². The van der Waals surface area contributed by atoms with Crippen LogP contribution in [0.15, 0.2) is 0 Å². The quantitative estimate of drug-likeness (QED) is 0.760. The highest BCUT2D eigenvalue weighted by Gasteiger charge is 2.31. The van der Waals surface area contributed by atoms with Gasteiger partial charge in [-0.1, -0.05) is 0 Å². The molecule has 2 aliphatic heterocycles. The van der Waals surface area contributed by atoms with Crippen molar-refractivity contribution in [3.63, 3.8) is 0 Å². The number of aliphatic carboxylic acids is 1. The summed E-state index contributed by atoms with van der Waals surface area (Å²) < 4.78 is 0. The number of carbonyl (C=O) groups is 2. The van der Waals surface area contributed by atoms with Crippen molar-refractivity contribution in [1.29, 1.82) is 0 Å². The van der Waals surface area contributed by atoms with Gasteiger partial charge in [-0.05, 0) is 25.8 Å². The standard InChI is InChI=1S/C14H25N3O4/c18-10-9-15-4-2-6-16(8-7-15)14(21)17-5-1-3-12(11-17)13(19)20/h12,18H,1-11H2,(H,19,20). The summed E-state index contributed by atoms with van der Waals surface area (Å²) in [6.45, 7) is 4.77. The molecule has 21 heavy (non-hydrogen) atoms. The molecule has 7 heteroatoms. The number of β-amino-alcohol motifs (C(OH)–C–C–N with tert-alkyl or cyclic N) is 1. The van der Waals surface area contributed by atoms with E-state index < -0.39 is 11.9 Å². The number of hydrogen-bond acceptors (Lipinski definition) is 4. The highest BCUT2D eigenvalue weighted by Crippen LogP contribution is 2.18. The summed E-state index contributed by atoms with van der Waals surface area (Å²) in [7, 11) is 0. The molecule has 1 unspecified atom stereocenters. The molecule has 7 nitrogen and oxygen atoms in total. The summed E-state index contributed by atoms with van der Waals surface area (Å²) in [5.74, 6) is -1.24. The minimum Gasteiger partial charge on any atom is -0.481 e. The fourth-order valence-corrected chi connectivity index (χ4v) is 3.08. The Morgan fingerprint density at radius 1 is 1.00 bits per heavy atom. The lowest BCUT2D eigenvalue weighted by molar-refractivity contribution is -0.143. The number of carboxylic acid groups (broad SMARTS) is 1. The number of nitrogens with zero attached hydrogens (tertiary/aromatic N) is 3. The van der Waals surface area contributed by atoms with E-state index in [4.69, 9.17) is 10.2 Å². The molecule has 0 aromatic rings. The van der Waals surface area contributed by atoms with Gasteiger partial charge in [0.05, 0.1) is 12.5 Å². The molecule has 0 saturated carbocycles. The van der Waals surface area contributed by atoms with Crippen molar-refractivity contribution in [2.24, 2.45) is 5.92 Å². The molecule has 0 spiro atoms. The van der Waals surface area contributed by atoms with E-state index in [0.29, 0.717) is 39.1 Å². The van der Waals surface area contributed by atoms with Crippen LogP contribution in [0.25, 0.3) is 0 Å². The predicted molar refractivity (Wildman–Crippen MR) is 77.0 cm³/mol. The fraction of sp³-hybridized carbons (Fsp3) is 0.857. The summed E-state index contributed by atoms with van der Waals surface area (Å²) in [5, 5.41) is 18.1. The van der Waals surface area contributed by atoms with E-state index in [9.17, 15) is 9.59 Å². The molecule has 1 atom stereocenters. The lowest BCUT2D eigenvalue weighted by Gasteiger charge is -2.34. The molecule has 0 bridgehead atoms. The maximum atomic E-state index is 12.5. The van der Waals surface area contributed by atoms with Crippen molar-refractivity contribution < 1.29 is 19.8 Å². The van der Waals surface area contributed by atoms with Gasteiger partial charge < -0.3 is 20.0 Å². The van der Waals surface area contributed by atoms with Gasteiger partial charge in [0.1, 0.15) is 0 Å². The molecule has 120 valence electrons. The molecule has 2 N–H and O–H groups in total. The first-order valence-corrected chi connectivity index (χ1v) is 7.71. The second-order valence-electron chi connectivity index (χ2n) is 5.81. The third-order valence-corrected chi connectivity index (χ3v) is 4.32. The van der Waals surface area contributed by atoms with E-state index in [1.807, 2.05) is 4.90 Å². The zero-order valence-corrected chi connectivity index (χ0v) is 12.4. The van der Waals surface area contributed by atoms with E-state index in [1.54, 1.807) is 4.90 Å². The topological polar surface area (TPSA) is 84.3 Å². The highest BCUT2D eigenvalue weighted by molar-refractivity contribution is 5.76. The van der Waals surface area contributed by atoms with Crippen LogP contribution in [0, 0.1) is 5.92 Å². The number of likely N-dealkylation sites (tertiary alicyclic amines) is 1. The maximum absolute atomic E-state index is 12.5. The minimum absolute atomic E-state index is 0.0354. The van der Waals surface area contributed by atoms with Crippen LogP contribution in [-0.2, 0) is 4.79 Å². The number of rotatable bonds is 3. The van der Waals surface area contributed by atoms with E-state index in [1.165, 1.54) is 0 Å². The molecule has 0 aromatic carbocycles. The summed E-state index contributed by atoms with van der Waals surface area (Å²) in [6.07, 6.45) is 2.30. The van der Waals surface area contributed by atoms with Crippen LogP contribution in [0.1, 0.15) is 19.3 Å². The van der Waals surface area contributed by atoms with Gasteiger partial charge in [0.25, 0.3) is 0 Å². The van der Waals surface area contributed by atoms with Crippen LogP contribution in [0.5, 0.6) is 0 Å². The van der Waals surface area contributed by atoms with Crippen LogP contribution >= 0.6 is 0 Å². The van der Waals surface area contributed by atoms with Crippen molar-refractivity contribution in [3.8, 4) is 0 Å². The highest BCUT2D eigenvalue weighted by atomic mass is 16.4. The van der Waals surface area contributed by atoms with Gasteiger partial charge >= 0.3 is 12.0 Å². The molecule has 0 radical (unpaired) electrons. The number of amides is 2. The first-order chi connectivity index (χ1) is 10.1. The number of aliphatic hydroxyl groups is 1. The van der Waals surface area contributed by atoms with Gasteiger partial charge in [-0.25, -0.2) is 4.79 Å². The molecule has 2 amide bonds. The van der Waals surface area contributed by atoms with Gasteiger partial charge in [-0.3, -0.25) is 9.69 Å². The molecular formula is C14H25N3O4. The maximum Gasteiger partial charge on any atom is 0.320 e. The molecule has 0 aromatic heterocycles. The SMILES string of the molecule is O=C(O)C1CCCN(C(=O)N2CCCN(CCO)CC2)C1. The number of urea groups is 1. The predicted octanol–water partition coefficient (Wildman–Crippen LogP) is -0.0970. The van der Waals surface area contributed by atoms with Gasteiger partial charge in [-0.15, -0.1) is 0 Å². The fourth-order valence-electron chi connectivity index (χ4n) is 3.08. The molecule has 0 aliphatic carbocycles. The van der Waals surface area contributed by atoms with Crippen LogP contribution in [0.2, 0.25) is 0 Å². The smallest absolute Gasteiger partial charge is 0.320 e. The molecular weight excluding hydrogens is 274 g/mol. The van der Waals surface area contributed by atoms with Crippen molar-refractivity contribution in [3.05, 3.63) is 0 Å². The zero-order valence-electron chi connectivity index (χ0n) is 12.4. The van der Waals surface area contributed by atoms with E-state index >= 15 is 0 Å². The Hall–Kier alpha value is -1.34. The second kappa shape index (κ2) is 7.61. The Morgan fingerprint density at radius 3 is 2.48 bits per heavy atom. The Kier molecular flexibility index (Phi) is 5.81. The molecule has 2 aliphatic rings. The number of carboxylic acids is 1. The second-order valence-corrected chi connectivity index (χ2v) is 5.81. The molecule has 2 rings (SSSR count). The van der Waals surface area contributed by atoms with Crippen LogP contribution in [-0.4, -0.2) is 89.3 Å². The normalized spacial score (nSPS) is 24.7. The first-order valence-electron chi connectivity index (χ1n) is 7.71. The third-order valence-electron chi connectivity index (χ3n) is 4.32. The van der Waals surface area contributed by atoms with Gasteiger partial charge in [0.15, 0.2) is 0 Å². The summed E-state index contributed by atoms with van der Waals surface area (Å²) in [5.41, 5.74) is 0. The lowest BCUT2D eigenvalue weighted by Crippen LogP contribution is -2.49. The van der Waals surface area contributed by atoms with Crippen molar-refractivity contribution >= 4 is 12.0 Å². The molecule has 2 heterocycles. The van der Waals surface area contributed by atoms with Gasteiger partial charge in [0.2, 0.25) is 0 Å². The van der Waals surface area contributed by atoms with Crippen LogP contribution in [0.3, 0.4) is 0 Å². The Bertz CT molecular complexity index is 377. The number of aliphatic hydroxyl groups excluding tert-OH is 1. The molecule has 2 saturated heterocycles. The van der Waals surface area contributed by atoms with Gasteiger partial charge in [0, 0.05) is 39.3 Å². The monoisotopic (exact) mass is 299 g/mol. The number of hydrogen-bond donors (Lipinski definition) is 2. The summed E-state index contributed by atoms with van der Waals surface area (Å²) in [6, 6.07) is -0.0354. The van der Waals surface area contributed by atoms with Crippen molar-refractivity contribution in [2.45, 2.75) is 19.3 Å². The first kappa shape index (κ1) is 16.0. The average Bonchev–Trinajstić information content (AvgIpc) is 2.73. The van der Waals surface area contributed by atoms with Crippen LogP contribution in [0.4, 0.5) is 4.79 Å². The molecule has 2 fully saturated rings. The minimum atomic E-state index is -0.808. The van der Waals surface area contributed by atoms with E-state index in [0.717, 1.165) is 25.9 Å². The van der Waals surface area contributed by atoms with Gasteiger partial charge in [-0.2, -0.15) is 0 Å². The third kappa shape index (κ3) is 4.31. The zero-order chi connectivity index (χ0) is 15.2. The summed E-state index contributed by atoms with van der Waals surface area (Å²) >= 11 is 0. The number of piperidine rings is 1. The Morgan fingerprint density at radius 2 is 1.76 bits per heavy atom. The van der Waals surface area contributed by atoms with E-state index in [-0.39, 0.29) is 12.6 Å². The van der Waals surface area contributed by atoms with Crippen molar-refractivity contribution in [1.82, 2.24) is 14.7 Å².